The summed E-state index contributed by atoms with van der Waals surface area (Å²) in [6.07, 6.45) is 11.0. The van der Waals surface area contributed by atoms with Crippen LogP contribution in [-0.4, -0.2) is 49.7 Å². The minimum atomic E-state index is -0.198. The van der Waals surface area contributed by atoms with Crippen molar-refractivity contribution in [1.29, 1.82) is 0 Å². The molecule has 2 aromatic heterocycles. The molecule has 5 rings (SSSR count). The smallest absolute Gasteiger partial charge is 0.256 e. The van der Waals surface area contributed by atoms with Crippen LogP contribution in [0.1, 0.15) is 84.0 Å². The maximum atomic E-state index is 13.2. The van der Waals surface area contributed by atoms with Gasteiger partial charge in [-0.1, -0.05) is 19.3 Å². The molecule has 1 saturated heterocycles. The molecule has 2 aromatic rings. The van der Waals surface area contributed by atoms with Gasteiger partial charge in [0.05, 0.1) is 23.8 Å². The maximum absolute atomic E-state index is 13.2. The molecule has 8 nitrogen and oxygen atoms in total. The number of carbonyl (C=O) groups excluding carboxylic acids is 2. The number of likely N-dealkylation sites (tertiary alicyclic amines) is 1. The van der Waals surface area contributed by atoms with E-state index in [1.165, 1.54) is 6.42 Å². The summed E-state index contributed by atoms with van der Waals surface area (Å²) < 4.78 is 0. The van der Waals surface area contributed by atoms with Crippen molar-refractivity contribution in [3.8, 4) is 0 Å². The van der Waals surface area contributed by atoms with E-state index in [2.05, 4.69) is 9.97 Å². The van der Waals surface area contributed by atoms with Gasteiger partial charge < -0.3 is 14.8 Å². The summed E-state index contributed by atoms with van der Waals surface area (Å²) in [6.45, 7) is 3.35. The number of pyridine rings is 1. The molecule has 3 aliphatic rings. The standard InChI is InChI=1S/C25H31N5O3/c1-16-14-26-11-9-18(16)25(33)29-13-10-20-19(15-29)23(31)28-22(27-20)21-8-5-12-30(21)24(32)17-6-3-2-4-7-17/h9,11,14,17,21H,2-8,10,12-13,15H2,1H3,(H,27,28,31)/t21-/m1/s1. The van der Waals surface area contributed by atoms with Crippen molar-refractivity contribution in [2.45, 2.75) is 70.9 Å². The van der Waals surface area contributed by atoms with Crippen LogP contribution in [-0.2, 0) is 17.8 Å². The number of carbonyl (C=O) groups is 2. The Labute approximate surface area is 193 Å². The van der Waals surface area contributed by atoms with E-state index in [0.717, 1.165) is 56.3 Å². The topological polar surface area (TPSA) is 99.3 Å². The second-order valence-corrected chi connectivity index (χ2v) is 9.57. The van der Waals surface area contributed by atoms with Gasteiger partial charge in [-0.25, -0.2) is 4.98 Å². The highest BCUT2D eigenvalue weighted by Crippen LogP contribution is 2.34. The molecule has 1 N–H and O–H groups in total. The molecule has 4 heterocycles. The van der Waals surface area contributed by atoms with Gasteiger partial charge in [0, 0.05) is 43.4 Å². The highest BCUT2D eigenvalue weighted by molar-refractivity contribution is 5.95. The van der Waals surface area contributed by atoms with Gasteiger partial charge in [-0.15, -0.1) is 0 Å². The summed E-state index contributed by atoms with van der Waals surface area (Å²) >= 11 is 0. The van der Waals surface area contributed by atoms with E-state index in [1.54, 1.807) is 23.4 Å². The predicted octanol–water partition coefficient (Wildman–Crippen LogP) is 2.92. The summed E-state index contributed by atoms with van der Waals surface area (Å²) in [6, 6.07) is 1.56. The zero-order chi connectivity index (χ0) is 22.9. The molecule has 0 radical (unpaired) electrons. The zero-order valence-electron chi connectivity index (χ0n) is 19.2. The van der Waals surface area contributed by atoms with Crippen molar-refractivity contribution in [3.05, 3.63) is 57.0 Å². The molecule has 2 amide bonds. The van der Waals surface area contributed by atoms with Crippen molar-refractivity contribution in [2.24, 2.45) is 5.92 Å². The van der Waals surface area contributed by atoms with Crippen molar-refractivity contribution >= 4 is 11.8 Å². The second kappa shape index (κ2) is 9.08. The number of H-pyrrole nitrogens is 1. The number of nitrogens with one attached hydrogen (secondary N) is 1. The third-order valence-electron chi connectivity index (χ3n) is 7.43. The minimum Gasteiger partial charge on any atom is -0.334 e. The molecule has 0 bridgehead atoms. The lowest BCUT2D eigenvalue weighted by Gasteiger charge is -2.31. The Bertz CT molecular complexity index is 1120. The molecule has 1 aliphatic carbocycles. The van der Waals surface area contributed by atoms with Gasteiger partial charge in [0.25, 0.3) is 11.5 Å². The highest BCUT2D eigenvalue weighted by Gasteiger charge is 2.36. The number of hydrogen-bond acceptors (Lipinski definition) is 5. The molecule has 8 heteroatoms. The minimum absolute atomic E-state index is 0.0935. The van der Waals surface area contributed by atoms with E-state index in [0.29, 0.717) is 29.9 Å². The summed E-state index contributed by atoms with van der Waals surface area (Å²) in [7, 11) is 0. The molecule has 174 valence electrons. The number of amides is 2. The van der Waals surface area contributed by atoms with Crippen molar-refractivity contribution in [3.63, 3.8) is 0 Å². The van der Waals surface area contributed by atoms with Crippen molar-refractivity contribution in [2.75, 3.05) is 13.1 Å². The van der Waals surface area contributed by atoms with E-state index in [-0.39, 0.29) is 35.9 Å². The van der Waals surface area contributed by atoms with Crippen LogP contribution in [0.5, 0.6) is 0 Å². The van der Waals surface area contributed by atoms with E-state index in [1.807, 2.05) is 11.8 Å². The monoisotopic (exact) mass is 449 g/mol. The lowest BCUT2D eigenvalue weighted by atomic mass is 9.88. The fourth-order valence-corrected chi connectivity index (χ4v) is 5.56. The molecular weight excluding hydrogens is 418 g/mol. The number of aromatic amines is 1. The number of fused-ring (bicyclic) bond motifs is 1. The molecular formula is C25H31N5O3. The Morgan fingerprint density at radius 2 is 1.91 bits per heavy atom. The van der Waals surface area contributed by atoms with Gasteiger partial charge >= 0.3 is 0 Å². The van der Waals surface area contributed by atoms with E-state index in [4.69, 9.17) is 4.98 Å². The molecule has 1 saturated carbocycles. The zero-order valence-corrected chi connectivity index (χ0v) is 19.2. The highest BCUT2D eigenvalue weighted by atomic mass is 16.2. The molecule has 0 spiro atoms. The molecule has 2 aliphatic heterocycles. The van der Waals surface area contributed by atoms with Crippen LogP contribution < -0.4 is 5.56 Å². The third kappa shape index (κ3) is 4.18. The normalized spacial score (nSPS) is 21.2. The first-order chi connectivity index (χ1) is 16.0. The first kappa shape index (κ1) is 21.8. The summed E-state index contributed by atoms with van der Waals surface area (Å²) in [5, 5.41) is 0. The van der Waals surface area contributed by atoms with Gasteiger partial charge in [0.1, 0.15) is 5.82 Å². The van der Waals surface area contributed by atoms with Crippen LogP contribution >= 0.6 is 0 Å². The number of rotatable bonds is 3. The van der Waals surface area contributed by atoms with Crippen LogP contribution in [0, 0.1) is 12.8 Å². The van der Waals surface area contributed by atoms with E-state index >= 15 is 0 Å². The first-order valence-corrected chi connectivity index (χ1v) is 12.1. The summed E-state index contributed by atoms with van der Waals surface area (Å²) in [5.41, 5.74) is 2.53. The van der Waals surface area contributed by atoms with Gasteiger partial charge in [-0.2, -0.15) is 0 Å². The Kier molecular flexibility index (Phi) is 6.00. The van der Waals surface area contributed by atoms with Gasteiger partial charge in [-0.3, -0.25) is 19.4 Å². The number of aromatic nitrogens is 3. The fourth-order valence-electron chi connectivity index (χ4n) is 5.56. The second-order valence-electron chi connectivity index (χ2n) is 9.57. The molecule has 0 unspecified atom stereocenters. The summed E-state index contributed by atoms with van der Waals surface area (Å²) in [4.78, 5) is 54.7. The van der Waals surface area contributed by atoms with Crippen LogP contribution in [0.15, 0.2) is 23.3 Å². The van der Waals surface area contributed by atoms with Gasteiger partial charge in [0.15, 0.2) is 0 Å². The third-order valence-corrected chi connectivity index (χ3v) is 7.43. The molecule has 2 fully saturated rings. The quantitative estimate of drug-likeness (QED) is 0.777. The predicted molar refractivity (Wildman–Crippen MR) is 123 cm³/mol. The van der Waals surface area contributed by atoms with E-state index < -0.39 is 0 Å². The van der Waals surface area contributed by atoms with Crippen LogP contribution in [0.2, 0.25) is 0 Å². The number of aryl methyl sites for hydroxylation is 1. The number of hydrogen-bond donors (Lipinski definition) is 1. The average Bonchev–Trinajstić information content (AvgIpc) is 3.34. The van der Waals surface area contributed by atoms with E-state index in [9.17, 15) is 14.4 Å². The Morgan fingerprint density at radius 1 is 1.09 bits per heavy atom. The van der Waals surface area contributed by atoms with Crippen LogP contribution in [0.25, 0.3) is 0 Å². The Morgan fingerprint density at radius 3 is 2.70 bits per heavy atom. The SMILES string of the molecule is Cc1cnccc1C(=O)N1CCc2nc([C@H]3CCCN3C(=O)C3CCCCC3)[nH]c(=O)c2C1. The molecule has 0 aromatic carbocycles. The van der Waals surface area contributed by atoms with Gasteiger partial charge in [0.2, 0.25) is 5.91 Å². The first-order valence-electron chi connectivity index (χ1n) is 12.1. The largest absolute Gasteiger partial charge is 0.334 e. The maximum Gasteiger partial charge on any atom is 0.256 e. The molecule has 1 atom stereocenters. The Hall–Kier alpha value is -3.03. The van der Waals surface area contributed by atoms with Crippen molar-refractivity contribution in [1.82, 2.24) is 24.8 Å². The lowest BCUT2D eigenvalue weighted by Crippen LogP contribution is -2.41. The average molecular weight is 450 g/mol. The molecule has 33 heavy (non-hydrogen) atoms. The number of nitrogens with zero attached hydrogens (tertiary/aromatic N) is 4. The van der Waals surface area contributed by atoms with Crippen LogP contribution in [0.4, 0.5) is 0 Å². The lowest BCUT2D eigenvalue weighted by molar-refractivity contribution is -0.137. The Balaban J connectivity index is 1.36. The summed E-state index contributed by atoms with van der Waals surface area (Å²) in [5.74, 6) is 0.844. The van der Waals surface area contributed by atoms with Gasteiger partial charge in [-0.05, 0) is 44.2 Å². The van der Waals surface area contributed by atoms with Crippen LogP contribution in [0.3, 0.4) is 0 Å². The van der Waals surface area contributed by atoms with Crippen molar-refractivity contribution < 1.29 is 9.59 Å². The fraction of sp³-hybridized carbons (Fsp3) is 0.560.